The fourth-order valence-electron chi connectivity index (χ4n) is 6.77. The maximum absolute atomic E-state index is 5.21. The molecule has 6 aromatic heterocycles. The van der Waals surface area contributed by atoms with E-state index >= 15 is 0 Å². The van der Waals surface area contributed by atoms with Gasteiger partial charge in [0.2, 0.25) is 11.9 Å². The highest BCUT2D eigenvalue weighted by molar-refractivity contribution is 6.11. The molecule has 0 saturated carbocycles. The molecule has 46 heavy (non-hydrogen) atoms. The monoisotopic (exact) mass is 590 g/mol. The van der Waals surface area contributed by atoms with Crippen molar-refractivity contribution in [1.82, 2.24) is 39.0 Å². The SMILES string of the molecule is c1cnc2c(c1)ccc1c(-c3nc(-n4c5ccccc5c5ccccc54)nc(-n4c5ncccc5c5cccnc54)n3)cccc12. The molecule has 8 heteroatoms. The van der Waals surface area contributed by atoms with Crippen LogP contribution in [0.1, 0.15) is 0 Å². The van der Waals surface area contributed by atoms with Crippen molar-refractivity contribution in [2.24, 2.45) is 0 Å². The number of hydrogen-bond donors (Lipinski definition) is 0. The largest absolute Gasteiger partial charge is 0.278 e. The molecule has 4 aromatic carbocycles. The highest BCUT2D eigenvalue weighted by Gasteiger charge is 2.22. The Morgan fingerprint density at radius 2 is 0.978 bits per heavy atom. The zero-order valence-electron chi connectivity index (χ0n) is 24.3. The lowest BCUT2D eigenvalue weighted by Crippen LogP contribution is -2.11. The van der Waals surface area contributed by atoms with Crippen LogP contribution in [0.2, 0.25) is 0 Å². The molecule has 0 aliphatic carbocycles. The highest BCUT2D eigenvalue weighted by Crippen LogP contribution is 2.35. The van der Waals surface area contributed by atoms with Gasteiger partial charge in [-0.25, -0.2) is 14.5 Å². The average Bonchev–Trinajstić information content (AvgIpc) is 3.64. The second kappa shape index (κ2) is 9.48. The first kappa shape index (κ1) is 24.9. The number of para-hydroxylation sites is 2. The lowest BCUT2D eigenvalue weighted by Gasteiger charge is -2.13. The Morgan fingerprint density at radius 3 is 1.70 bits per heavy atom. The van der Waals surface area contributed by atoms with Crippen molar-refractivity contribution in [2.75, 3.05) is 0 Å². The van der Waals surface area contributed by atoms with Gasteiger partial charge in [-0.2, -0.15) is 15.0 Å². The van der Waals surface area contributed by atoms with Crippen molar-refractivity contribution in [3.05, 3.63) is 134 Å². The van der Waals surface area contributed by atoms with Gasteiger partial charge in [0.15, 0.2) is 5.82 Å². The Hall–Kier alpha value is -6.54. The van der Waals surface area contributed by atoms with Crippen molar-refractivity contribution in [3.8, 4) is 23.3 Å². The molecule has 10 rings (SSSR count). The van der Waals surface area contributed by atoms with E-state index in [9.17, 15) is 0 Å². The summed E-state index contributed by atoms with van der Waals surface area (Å²) in [6.45, 7) is 0. The van der Waals surface area contributed by atoms with Gasteiger partial charge >= 0.3 is 0 Å². The molecule has 0 aliphatic heterocycles. The minimum absolute atomic E-state index is 0.440. The van der Waals surface area contributed by atoms with Crippen LogP contribution >= 0.6 is 0 Å². The van der Waals surface area contributed by atoms with Crippen molar-refractivity contribution in [2.45, 2.75) is 0 Å². The normalized spacial score (nSPS) is 11.9. The van der Waals surface area contributed by atoms with Crippen LogP contribution in [0.5, 0.6) is 0 Å². The molecule has 0 radical (unpaired) electrons. The predicted molar refractivity (Wildman–Crippen MR) is 182 cm³/mol. The third kappa shape index (κ3) is 3.49. The first-order valence-electron chi connectivity index (χ1n) is 15.1. The Bertz CT molecular complexity index is 2590. The third-order valence-corrected chi connectivity index (χ3v) is 8.75. The highest BCUT2D eigenvalue weighted by atomic mass is 15.3. The van der Waals surface area contributed by atoms with Crippen molar-refractivity contribution >= 4 is 65.5 Å². The summed E-state index contributed by atoms with van der Waals surface area (Å²) >= 11 is 0. The van der Waals surface area contributed by atoms with Gasteiger partial charge in [-0.1, -0.05) is 72.8 Å². The molecule has 6 heterocycles. The van der Waals surface area contributed by atoms with Gasteiger partial charge in [0.05, 0.1) is 16.6 Å². The van der Waals surface area contributed by atoms with Gasteiger partial charge in [0.1, 0.15) is 11.3 Å². The van der Waals surface area contributed by atoms with E-state index in [2.05, 4.69) is 83.4 Å². The Morgan fingerprint density at radius 1 is 0.391 bits per heavy atom. The van der Waals surface area contributed by atoms with Crippen LogP contribution in [-0.2, 0) is 0 Å². The van der Waals surface area contributed by atoms with E-state index in [0.29, 0.717) is 17.7 Å². The quantitative estimate of drug-likeness (QED) is 0.193. The minimum atomic E-state index is 0.440. The number of benzene rings is 4. The Labute approximate surface area is 261 Å². The van der Waals surface area contributed by atoms with Crippen molar-refractivity contribution < 1.29 is 0 Å². The maximum atomic E-state index is 5.21. The number of aromatic nitrogens is 8. The molecule has 0 spiro atoms. The number of fused-ring (bicyclic) bond motifs is 9. The second-order valence-electron chi connectivity index (χ2n) is 11.3. The zero-order valence-corrected chi connectivity index (χ0v) is 24.3. The number of nitrogens with zero attached hydrogens (tertiary/aromatic N) is 8. The predicted octanol–water partition coefficient (Wildman–Crippen LogP) is 8.22. The van der Waals surface area contributed by atoms with Gasteiger partial charge in [-0.15, -0.1) is 0 Å². The number of rotatable bonds is 3. The summed E-state index contributed by atoms with van der Waals surface area (Å²) in [7, 11) is 0. The summed E-state index contributed by atoms with van der Waals surface area (Å²) < 4.78 is 4.06. The minimum Gasteiger partial charge on any atom is -0.278 e. The van der Waals surface area contributed by atoms with E-state index in [1.54, 1.807) is 12.4 Å². The zero-order chi connectivity index (χ0) is 30.2. The molecular weight excluding hydrogens is 568 g/mol. The van der Waals surface area contributed by atoms with Gasteiger partial charge in [-0.3, -0.25) is 9.55 Å². The summed E-state index contributed by atoms with van der Waals surface area (Å²) in [6, 6.07) is 39.2. The standard InChI is InChI=1S/C38H22N8/c1-3-16-31-25(10-1)26-11-2-4-17-32(26)45(31)37-42-34(28-13-5-12-27-24(28)19-18-23-9-6-20-39-33(23)27)43-38(44-37)46-35-29(14-7-21-40-35)30-15-8-22-41-36(30)46/h1-22H. The molecule has 0 amide bonds. The summed E-state index contributed by atoms with van der Waals surface area (Å²) in [6.07, 6.45) is 5.41. The topological polar surface area (TPSA) is 87.2 Å². The third-order valence-electron chi connectivity index (χ3n) is 8.75. The molecule has 0 N–H and O–H groups in total. The smallest absolute Gasteiger partial charge is 0.242 e. The molecule has 0 unspecified atom stereocenters. The van der Waals surface area contributed by atoms with Crippen molar-refractivity contribution in [1.29, 1.82) is 0 Å². The Kier molecular flexibility index (Phi) is 5.12. The van der Waals surface area contributed by atoms with E-state index in [-0.39, 0.29) is 0 Å². The van der Waals surface area contributed by atoms with E-state index in [4.69, 9.17) is 29.9 Å². The lowest BCUT2D eigenvalue weighted by atomic mass is 10.0. The van der Waals surface area contributed by atoms with E-state index in [1.807, 2.05) is 47.2 Å². The van der Waals surface area contributed by atoms with Crippen LogP contribution in [0, 0.1) is 0 Å². The van der Waals surface area contributed by atoms with Gasteiger partial charge < -0.3 is 0 Å². The first-order valence-corrected chi connectivity index (χ1v) is 15.1. The van der Waals surface area contributed by atoms with E-state index < -0.39 is 0 Å². The van der Waals surface area contributed by atoms with Crippen LogP contribution in [0.25, 0.3) is 88.8 Å². The fraction of sp³-hybridized carbons (Fsp3) is 0. The second-order valence-corrected chi connectivity index (χ2v) is 11.3. The number of hydrogen-bond acceptors (Lipinski definition) is 6. The molecule has 10 aromatic rings. The van der Waals surface area contributed by atoms with E-state index in [1.165, 1.54) is 0 Å². The summed E-state index contributed by atoms with van der Waals surface area (Å²) in [5, 5.41) is 7.35. The summed E-state index contributed by atoms with van der Waals surface area (Å²) in [4.78, 5) is 29.9. The molecule has 0 fully saturated rings. The fourth-order valence-corrected chi connectivity index (χ4v) is 6.77. The summed E-state index contributed by atoms with van der Waals surface area (Å²) in [5.74, 6) is 1.50. The molecule has 0 aliphatic rings. The summed E-state index contributed by atoms with van der Waals surface area (Å²) in [5.41, 5.74) is 5.31. The van der Waals surface area contributed by atoms with Gasteiger partial charge in [0, 0.05) is 56.5 Å². The average molecular weight is 591 g/mol. The van der Waals surface area contributed by atoms with Crippen molar-refractivity contribution in [3.63, 3.8) is 0 Å². The number of pyridine rings is 3. The first-order chi connectivity index (χ1) is 22.8. The molecule has 0 atom stereocenters. The van der Waals surface area contributed by atoms with Crippen LogP contribution in [0.4, 0.5) is 0 Å². The maximum Gasteiger partial charge on any atom is 0.242 e. The molecule has 8 nitrogen and oxygen atoms in total. The van der Waals surface area contributed by atoms with Crippen LogP contribution in [0.3, 0.4) is 0 Å². The lowest BCUT2D eigenvalue weighted by molar-refractivity contribution is 0.884. The van der Waals surface area contributed by atoms with E-state index in [0.717, 1.165) is 71.1 Å². The molecule has 0 bridgehead atoms. The molecule has 0 saturated heterocycles. The molecular formula is C38H22N8. The van der Waals surface area contributed by atoms with Crippen LogP contribution in [-0.4, -0.2) is 39.0 Å². The van der Waals surface area contributed by atoms with Gasteiger partial charge in [0.25, 0.3) is 0 Å². The molecule has 214 valence electrons. The van der Waals surface area contributed by atoms with Crippen LogP contribution in [0.15, 0.2) is 134 Å². The van der Waals surface area contributed by atoms with Gasteiger partial charge in [-0.05, 0) is 47.9 Å². The Balaban J connectivity index is 1.35. The van der Waals surface area contributed by atoms with Crippen LogP contribution < -0.4 is 0 Å².